The topological polar surface area (TPSA) is 22.9 Å². The third kappa shape index (κ3) is 2.00. The summed E-state index contributed by atoms with van der Waals surface area (Å²) in [6.07, 6.45) is 1.03. The highest BCUT2D eigenvalue weighted by molar-refractivity contribution is 5.77. The Morgan fingerprint density at radius 3 is 2.29 bits per heavy atom. The van der Waals surface area contributed by atoms with E-state index in [1.165, 1.54) is 36.4 Å². The van der Waals surface area contributed by atoms with Crippen LogP contribution in [0.2, 0.25) is 0 Å². The van der Waals surface area contributed by atoms with E-state index in [1.54, 1.807) is 0 Å². The summed E-state index contributed by atoms with van der Waals surface area (Å²) in [5.74, 6) is 1.13. The van der Waals surface area contributed by atoms with Crippen molar-refractivity contribution in [3.8, 4) is 0 Å². The molecular formula is C16H21N4O+. The zero-order valence-corrected chi connectivity index (χ0v) is 12.2. The fraction of sp³-hybridized carbons (Fsp3) is 0.500. The molecule has 0 radical (unpaired) electrons. The van der Waals surface area contributed by atoms with Crippen molar-refractivity contribution >= 4 is 11.0 Å². The molecule has 0 amide bonds. The van der Waals surface area contributed by atoms with Gasteiger partial charge in [-0.2, -0.15) is 0 Å². The molecule has 2 aromatic rings. The lowest BCUT2D eigenvalue weighted by Crippen LogP contribution is -2.79. The van der Waals surface area contributed by atoms with Crippen molar-refractivity contribution in [2.24, 2.45) is 0 Å². The summed E-state index contributed by atoms with van der Waals surface area (Å²) in [5.41, 5.74) is 1.02. The molecule has 0 atom stereocenters. The summed E-state index contributed by atoms with van der Waals surface area (Å²) in [5, 5.41) is 1.22. The number of rotatable bonds is 3. The first kappa shape index (κ1) is 12.2. The zero-order valence-electron chi connectivity index (χ0n) is 12.2. The van der Waals surface area contributed by atoms with E-state index in [0.717, 1.165) is 37.8 Å². The Hall–Kier alpha value is -1.40. The molecule has 0 N–H and O–H groups in total. The van der Waals surface area contributed by atoms with E-state index in [-0.39, 0.29) is 0 Å². The van der Waals surface area contributed by atoms with Crippen molar-refractivity contribution < 1.29 is 8.90 Å². The molecule has 5 nitrogen and oxygen atoms in total. The van der Waals surface area contributed by atoms with Crippen molar-refractivity contribution in [2.45, 2.75) is 6.42 Å². The van der Waals surface area contributed by atoms with Gasteiger partial charge in [-0.15, -0.1) is 0 Å². The lowest BCUT2D eigenvalue weighted by Gasteiger charge is -2.60. The second-order valence-electron chi connectivity index (χ2n) is 6.93. The predicted octanol–water partition coefficient (Wildman–Crippen LogP) is 1.48. The van der Waals surface area contributed by atoms with Gasteiger partial charge in [-0.1, -0.05) is 18.2 Å². The van der Waals surface area contributed by atoms with Crippen LogP contribution < -0.4 is 0 Å². The SMILES string of the molecule is c1ccc2oc(CC[N+]34CN5CN(CN(C5)C3)C4)cc2c1. The average molecular weight is 285 g/mol. The smallest absolute Gasteiger partial charge is 0.139 e. The number of para-hydroxylation sites is 1. The molecule has 5 heterocycles. The maximum atomic E-state index is 5.98. The number of nitrogens with zero attached hydrogens (tertiary/aromatic N) is 4. The van der Waals surface area contributed by atoms with Crippen molar-refractivity contribution in [3.63, 3.8) is 0 Å². The van der Waals surface area contributed by atoms with Crippen molar-refractivity contribution in [3.05, 3.63) is 36.1 Å². The molecule has 6 rings (SSSR count). The van der Waals surface area contributed by atoms with Crippen LogP contribution in [0.15, 0.2) is 34.7 Å². The van der Waals surface area contributed by atoms with Crippen LogP contribution in [0, 0.1) is 0 Å². The fourth-order valence-electron chi connectivity index (χ4n) is 4.38. The summed E-state index contributed by atoms with van der Waals surface area (Å²) >= 11 is 0. The number of furan rings is 1. The van der Waals surface area contributed by atoms with E-state index in [2.05, 4.69) is 39.0 Å². The minimum absolute atomic E-state index is 1.02. The number of quaternary nitrogens is 1. The molecule has 4 aliphatic rings. The fourth-order valence-corrected chi connectivity index (χ4v) is 4.38. The average Bonchev–Trinajstić information content (AvgIpc) is 2.87. The highest BCUT2D eigenvalue weighted by Gasteiger charge is 2.48. The largest absolute Gasteiger partial charge is 0.461 e. The molecule has 5 heteroatoms. The van der Waals surface area contributed by atoms with Gasteiger partial charge in [0.15, 0.2) is 0 Å². The second-order valence-corrected chi connectivity index (χ2v) is 6.93. The van der Waals surface area contributed by atoms with Gasteiger partial charge in [-0.25, -0.2) is 14.7 Å². The molecule has 0 spiro atoms. The van der Waals surface area contributed by atoms with Gasteiger partial charge in [0.05, 0.1) is 33.0 Å². The Balaban J connectivity index is 1.35. The minimum Gasteiger partial charge on any atom is -0.461 e. The van der Waals surface area contributed by atoms with Crippen LogP contribution >= 0.6 is 0 Å². The minimum atomic E-state index is 1.02. The van der Waals surface area contributed by atoms with Crippen LogP contribution in [-0.4, -0.2) is 65.7 Å². The number of benzene rings is 1. The van der Waals surface area contributed by atoms with Crippen molar-refractivity contribution in [1.82, 2.24) is 14.7 Å². The zero-order chi connectivity index (χ0) is 13.9. The molecule has 1 aromatic carbocycles. The third-order valence-electron chi connectivity index (χ3n) is 5.01. The molecule has 4 aliphatic heterocycles. The van der Waals surface area contributed by atoms with E-state index < -0.39 is 0 Å². The molecule has 21 heavy (non-hydrogen) atoms. The third-order valence-corrected chi connectivity index (χ3v) is 5.01. The van der Waals surface area contributed by atoms with Crippen molar-refractivity contribution in [2.75, 3.05) is 46.6 Å². The molecule has 4 saturated heterocycles. The Kier molecular flexibility index (Phi) is 2.49. The Bertz CT molecular complexity index is 611. The first-order valence-electron chi connectivity index (χ1n) is 7.78. The number of fused-ring (bicyclic) bond motifs is 1. The van der Waals surface area contributed by atoms with Crippen LogP contribution in [-0.2, 0) is 6.42 Å². The van der Waals surface area contributed by atoms with E-state index in [9.17, 15) is 0 Å². The molecular weight excluding hydrogens is 264 g/mol. The summed E-state index contributed by atoms with van der Waals surface area (Å²) in [7, 11) is 0. The number of hydrogen-bond donors (Lipinski definition) is 0. The number of hydrogen-bond acceptors (Lipinski definition) is 4. The van der Waals surface area contributed by atoms with Crippen LogP contribution in [0.25, 0.3) is 11.0 Å². The Morgan fingerprint density at radius 2 is 1.62 bits per heavy atom. The van der Waals surface area contributed by atoms with Crippen LogP contribution in [0.5, 0.6) is 0 Å². The molecule has 0 saturated carbocycles. The van der Waals surface area contributed by atoms with Gasteiger partial charge in [-0.05, 0) is 12.1 Å². The van der Waals surface area contributed by atoms with Gasteiger partial charge >= 0.3 is 0 Å². The maximum Gasteiger partial charge on any atom is 0.139 e. The van der Waals surface area contributed by atoms with Gasteiger partial charge in [0.25, 0.3) is 0 Å². The quantitative estimate of drug-likeness (QED) is 0.797. The van der Waals surface area contributed by atoms with E-state index in [0.29, 0.717) is 0 Å². The Morgan fingerprint density at radius 1 is 0.952 bits per heavy atom. The molecule has 0 unspecified atom stereocenters. The summed E-state index contributed by atoms with van der Waals surface area (Å²) in [6, 6.07) is 10.5. The molecule has 4 bridgehead atoms. The normalized spacial score (nSPS) is 37.4. The monoisotopic (exact) mass is 285 g/mol. The van der Waals surface area contributed by atoms with Gasteiger partial charge in [-0.3, -0.25) is 4.48 Å². The predicted molar refractivity (Wildman–Crippen MR) is 79.8 cm³/mol. The first-order chi connectivity index (χ1) is 10.3. The second kappa shape index (κ2) is 4.30. The van der Waals surface area contributed by atoms with E-state index in [4.69, 9.17) is 4.42 Å². The van der Waals surface area contributed by atoms with Crippen LogP contribution in [0.3, 0.4) is 0 Å². The van der Waals surface area contributed by atoms with E-state index in [1.807, 2.05) is 6.07 Å². The molecule has 4 fully saturated rings. The maximum absolute atomic E-state index is 5.98. The van der Waals surface area contributed by atoms with Gasteiger partial charge in [0, 0.05) is 5.39 Å². The lowest BCUT2D eigenvalue weighted by molar-refractivity contribution is -0.980. The summed E-state index contributed by atoms with van der Waals surface area (Å²) in [4.78, 5) is 7.69. The molecule has 0 aliphatic carbocycles. The molecule has 1 aromatic heterocycles. The van der Waals surface area contributed by atoms with Crippen LogP contribution in [0.4, 0.5) is 0 Å². The highest BCUT2D eigenvalue weighted by atomic mass is 16.3. The van der Waals surface area contributed by atoms with E-state index >= 15 is 0 Å². The molecule has 110 valence electrons. The highest BCUT2D eigenvalue weighted by Crippen LogP contribution is 2.29. The first-order valence-corrected chi connectivity index (χ1v) is 7.78. The van der Waals surface area contributed by atoms with Gasteiger partial charge in [0.2, 0.25) is 0 Å². The van der Waals surface area contributed by atoms with Crippen molar-refractivity contribution in [1.29, 1.82) is 0 Å². The van der Waals surface area contributed by atoms with Crippen LogP contribution in [0.1, 0.15) is 5.76 Å². The van der Waals surface area contributed by atoms with Gasteiger partial charge in [0.1, 0.15) is 31.3 Å². The van der Waals surface area contributed by atoms with Gasteiger partial charge < -0.3 is 4.42 Å². The standard InChI is InChI=1S/C16H21N4O/c1-2-4-16-14(3-1)7-15(21-16)5-6-20-11-17-8-18(12-20)10-19(9-17)13-20/h1-4,7H,5-6,8-13H2/q+1. The summed E-state index contributed by atoms with van der Waals surface area (Å²) in [6.45, 7) is 8.24. The lowest BCUT2D eigenvalue weighted by atomic mass is 10.2. The summed E-state index contributed by atoms with van der Waals surface area (Å²) < 4.78 is 7.16. The Labute approximate surface area is 124 Å².